The minimum atomic E-state index is -1.92. The van der Waals surface area contributed by atoms with Crippen LogP contribution in [0.1, 0.15) is 89.3 Å². The summed E-state index contributed by atoms with van der Waals surface area (Å²) < 4.78 is 0. The average Bonchev–Trinajstić information content (AvgIpc) is 1.73. The number of aromatic nitrogens is 1. The number of aromatic amines is 1. The van der Waals surface area contributed by atoms with Crippen LogP contribution in [0.2, 0.25) is 0 Å². The zero-order valence-corrected chi connectivity index (χ0v) is 62.4. The Morgan fingerprint density at radius 3 is 1.44 bits per heavy atom. The molecule has 0 saturated carbocycles. The lowest BCUT2D eigenvalue weighted by Crippen LogP contribution is -2.63. The van der Waals surface area contributed by atoms with Gasteiger partial charge in [0.15, 0.2) is 0 Å². The molecule has 4 aromatic rings. The molecule has 5 rings (SSSR count). The van der Waals surface area contributed by atoms with Crippen molar-refractivity contribution in [1.29, 1.82) is 0 Å². The molecule has 596 valence electrons. The number of aliphatic hydroxyl groups excluding tert-OH is 3. The minimum Gasteiger partial charge on any atom is -0.394 e. The Morgan fingerprint density at radius 1 is 0.505 bits per heavy atom. The summed E-state index contributed by atoms with van der Waals surface area (Å²) in [6.07, 6.45) is -2.89. The van der Waals surface area contributed by atoms with Gasteiger partial charge in [0.1, 0.15) is 72.5 Å². The number of hydrogen-bond acceptors (Lipinski definition) is 23. The number of aliphatic hydroxyl groups is 3. The number of primary amides is 2. The van der Waals surface area contributed by atoms with Crippen LogP contribution < -0.4 is 97.8 Å². The molecular weight excluding hydrogens is 1460 g/mol. The molecule has 2 unspecified atom stereocenters. The molecule has 1 aliphatic rings. The van der Waals surface area contributed by atoms with Crippen molar-refractivity contribution in [3.05, 3.63) is 108 Å². The first kappa shape index (κ1) is 89.3. The number of H-pyrrole nitrogens is 1. The number of benzene rings is 3. The highest BCUT2D eigenvalue weighted by Crippen LogP contribution is 2.24. The van der Waals surface area contributed by atoms with Crippen LogP contribution in [0.25, 0.3) is 10.9 Å². The summed E-state index contributed by atoms with van der Waals surface area (Å²) in [7, 11) is 1.63. The van der Waals surface area contributed by atoms with E-state index in [4.69, 9.17) is 28.7 Å². The highest BCUT2D eigenvalue weighted by atomic mass is 33.1. The summed E-state index contributed by atoms with van der Waals surface area (Å²) in [5.41, 5.74) is 30.8. The van der Waals surface area contributed by atoms with Gasteiger partial charge in [-0.15, -0.1) is 0 Å². The molecule has 1 saturated heterocycles. The van der Waals surface area contributed by atoms with E-state index in [1.165, 1.54) is 6.92 Å². The van der Waals surface area contributed by atoms with Gasteiger partial charge in [-0.25, -0.2) is 0 Å². The number of hydrogen-bond donors (Lipinski definition) is 22. The second-order valence-electron chi connectivity index (χ2n) is 26.1. The van der Waals surface area contributed by atoms with E-state index >= 15 is 14.4 Å². The first-order valence-corrected chi connectivity index (χ1v) is 37.8. The van der Waals surface area contributed by atoms with Crippen LogP contribution in [-0.4, -0.2) is 237 Å². The monoisotopic (exact) mass is 1560 g/mol. The van der Waals surface area contributed by atoms with Gasteiger partial charge in [0.25, 0.3) is 0 Å². The quantitative estimate of drug-likeness (QED) is 0.0229. The number of carbonyl (C=O) groups excluding carboxylic acids is 15. The van der Waals surface area contributed by atoms with Crippen LogP contribution in [0, 0.1) is 0 Å². The van der Waals surface area contributed by atoms with Crippen LogP contribution in [0.5, 0.6) is 0 Å². The zero-order chi connectivity index (χ0) is 80.4. The van der Waals surface area contributed by atoms with E-state index in [0.29, 0.717) is 40.4 Å². The molecular formula is C70H101N19O18S2. The van der Waals surface area contributed by atoms with Crippen molar-refractivity contribution in [2.24, 2.45) is 28.7 Å². The predicted octanol–water partition coefficient (Wildman–Crippen LogP) is -6.74. The Morgan fingerprint density at radius 2 is 0.936 bits per heavy atom. The van der Waals surface area contributed by atoms with Crippen LogP contribution in [0.15, 0.2) is 91.1 Å². The molecule has 1 aliphatic heterocycles. The number of nitrogens with one attached hydrogen (secondary N) is 14. The Labute approximate surface area is 636 Å². The van der Waals surface area contributed by atoms with Crippen molar-refractivity contribution < 1.29 is 87.2 Å². The van der Waals surface area contributed by atoms with E-state index < -0.39 is 210 Å². The highest BCUT2D eigenvalue weighted by Gasteiger charge is 2.39. The van der Waals surface area contributed by atoms with Gasteiger partial charge in [0, 0.05) is 47.9 Å². The summed E-state index contributed by atoms with van der Waals surface area (Å²) in [4.78, 5) is 214. The fourth-order valence-corrected chi connectivity index (χ4v) is 13.4. The molecule has 15 atom stereocenters. The molecule has 1 fully saturated rings. The fourth-order valence-electron chi connectivity index (χ4n) is 11.0. The second kappa shape index (κ2) is 45.5. The predicted molar refractivity (Wildman–Crippen MR) is 402 cm³/mol. The van der Waals surface area contributed by atoms with Crippen molar-refractivity contribution >= 4 is 121 Å². The normalized spacial score (nSPS) is 24.4. The number of nitrogens with two attached hydrogens (primary N) is 5. The first-order chi connectivity index (χ1) is 51.8. The Bertz CT molecular complexity index is 3780. The third kappa shape index (κ3) is 29.7. The maximum atomic E-state index is 15.3. The molecule has 109 heavy (non-hydrogen) atoms. The lowest BCUT2D eigenvalue weighted by atomic mass is 10.00. The molecule has 3 aromatic carbocycles. The molecule has 37 nitrogen and oxygen atoms in total. The summed E-state index contributed by atoms with van der Waals surface area (Å²) in [6.45, 7) is 3.12. The molecule has 0 bridgehead atoms. The SMILES string of the molecule is CC(O)[C@H]1NC(=O)[C@H](C)NC(=O)[C@@H](C(C)O)NC(=O)[C@@H](CCCCN)NC(=O)[C@H](Cc2c[nH]c3ccccc23)NC(=O)[C@@H](Cc2ccccc2)NC(=O)[C@H](Cc2ccccc2)NC(=O)[C@@H](CC(N)=O)NC(=O)[C@H](CCCCN)NC(=O)[C@@H](NC(=O)CNC(=O)[C@H](C)N)CSSC[C@@H](C(N)=O)NC(=O)[C@H](CO)NC1=O. The topological polar surface area (TPSA) is 619 Å². The van der Waals surface area contributed by atoms with Crippen molar-refractivity contribution in [2.45, 2.75) is 183 Å². The van der Waals surface area contributed by atoms with Crippen LogP contribution >= 0.6 is 21.6 Å². The summed E-state index contributed by atoms with van der Waals surface area (Å²) >= 11 is 0. The van der Waals surface area contributed by atoms with Crippen molar-refractivity contribution in [2.75, 3.05) is 37.7 Å². The lowest BCUT2D eigenvalue weighted by molar-refractivity contribution is -0.138. The van der Waals surface area contributed by atoms with E-state index in [1.54, 1.807) is 91.1 Å². The number of para-hydroxylation sites is 1. The molecule has 2 heterocycles. The van der Waals surface area contributed by atoms with Crippen molar-refractivity contribution in [3.63, 3.8) is 0 Å². The van der Waals surface area contributed by atoms with Gasteiger partial charge in [0.2, 0.25) is 88.6 Å². The van der Waals surface area contributed by atoms with Crippen LogP contribution in [0.4, 0.5) is 0 Å². The van der Waals surface area contributed by atoms with Gasteiger partial charge in [-0.3, -0.25) is 71.9 Å². The number of fused-ring (bicyclic) bond motifs is 1. The maximum Gasteiger partial charge on any atom is 0.245 e. The van der Waals surface area contributed by atoms with Gasteiger partial charge >= 0.3 is 0 Å². The van der Waals surface area contributed by atoms with Gasteiger partial charge in [-0.2, -0.15) is 0 Å². The maximum absolute atomic E-state index is 15.3. The number of carbonyl (C=O) groups is 15. The standard InChI is InChI=1S/C70H101N19O18S2/c1-36(73)59(96)77-32-55(94)79-53-35-109-108-34-52(58(75)95)87-67(104)51(33-90)86-70(107)57(39(4)92)88-60(97)37(2)78-69(106)56(38(3)91)89-62(99)46(24-14-16-26-72)80-65(102)49(29-42-31-76-44-22-12-11-21-43(42)44)84-64(101)48(28-41-19-9-6-10-20-41)82-63(100)47(27-40-17-7-5-8-18-40)83-66(103)50(30-54(74)93)85-61(98)45(81-68(53)105)23-13-15-25-71/h5-12,17-22,31,36-39,45-53,56-57,76,90-92H,13-16,23-30,32-35,71-73H2,1-4H3,(H2,74,93)(H2,75,95)(H,77,96)(H,78,106)(H,79,94)(H,80,102)(H,81,105)(H,82,100)(H,83,103)(H,84,101)(H,85,98)(H,86,107)(H,87,104)(H,88,97)(H,89,99)/t36-,37-,38?,39?,45-,46+,47-,48+,49-,50+,51-,52-,53-,56+,57+/m0/s1. The molecule has 39 heteroatoms. The number of unbranched alkanes of at least 4 members (excludes halogenated alkanes) is 2. The van der Waals surface area contributed by atoms with Crippen molar-refractivity contribution in [1.82, 2.24) is 74.1 Å². The fraction of sp³-hybridized carbons (Fsp3) is 0.500. The van der Waals surface area contributed by atoms with Gasteiger partial charge in [-0.05, 0) is 102 Å². The third-order valence-corrected chi connectivity index (χ3v) is 19.6. The highest BCUT2D eigenvalue weighted by molar-refractivity contribution is 8.76. The van der Waals surface area contributed by atoms with Crippen LogP contribution in [-0.2, 0) is 91.2 Å². The van der Waals surface area contributed by atoms with Gasteiger partial charge in [-0.1, -0.05) is 100 Å². The van der Waals surface area contributed by atoms with Gasteiger partial charge in [0.05, 0.1) is 37.8 Å². The van der Waals surface area contributed by atoms with Crippen LogP contribution in [0.3, 0.4) is 0 Å². The second-order valence-corrected chi connectivity index (χ2v) is 28.7. The van der Waals surface area contributed by atoms with Gasteiger partial charge < -0.3 is 118 Å². The number of amides is 15. The number of rotatable bonds is 24. The third-order valence-electron chi connectivity index (χ3n) is 17.2. The smallest absolute Gasteiger partial charge is 0.245 e. The minimum absolute atomic E-state index is 0.116. The Kier molecular flexibility index (Phi) is 37.3. The molecule has 0 radical (unpaired) electrons. The molecule has 1 aromatic heterocycles. The summed E-state index contributed by atoms with van der Waals surface area (Å²) in [5.74, 6) is -16.7. The zero-order valence-electron chi connectivity index (χ0n) is 60.8. The Hall–Kier alpha value is -10.3. The average molecular weight is 1560 g/mol. The Balaban J connectivity index is 1.64. The van der Waals surface area contributed by atoms with E-state index in [0.717, 1.165) is 42.4 Å². The molecule has 0 aliphatic carbocycles. The van der Waals surface area contributed by atoms with E-state index in [1.807, 2.05) is 0 Å². The largest absolute Gasteiger partial charge is 0.394 e. The molecule has 15 amide bonds. The lowest BCUT2D eigenvalue weighted by Gasteiger charge is -2.29. The van der Waals surface area contributed by atoms with E-state index in [-0.39, 0.29) is 58.0 Å². The van der Waals surface area contributed by atoms with E-state index in [9.17, 15) is 72.9 Å². The first-order valence-electron chi connectivity index (χ1n) is 35.3. The molecule has 0 spiro atoms. The molecule has 27 N–H and O–H groups in total. The summed E-state index contributed by atoms with van der Waals surface area (Å²) in [5, 5.41) is 64.8. The summed E-state index contributed by atoms with van der Waals surface area (Å²) in [6, 6.07) is 2.25. The van der Waals surface area contributed by atoms with E-state index in [2.05, 4.69) is 74.1 Å². The van der Waals surface area contributed by atoms with Crippen molar-refractivity contribution in [3.8, 4) is 0 Å².